The summed E-state index contributed by atoms with van der Waals surface area (Å²) in [4.78, 5) is 6.15. The number of rotatable bonds is 8. The van der Waals surface area contributed by atoms with Crippen LogP contribution in [0.15, 0.2) is 40.1 Å². The molecule has 0 fully saturated rings. The maximum absolute atomic E-state index is 12.8. The predicted octanol–water partition coefficient (Wildman–Crippen LogP) is -1.21. The minimum Gasteiger partial charge on any atom is -0.395 e. The Morgan fingerprint density at radius 1 is 1.09 bits per heavy atom. The molecule has 0 spiro atoms. The van der Waals surface area contributed by atoms with Gasteiger partial charge in [0, 0.05) is 12.1 Å². The molecule has 174 valence electrons. The van der Waals surface area contributed by atoms with Gasteiger partial charge in [-0.2, -0.15) is 5.21 Å². The molecule has 0 aliphatic rings. The normalized spacial score (nSPS) is 12.5. The quantitative estimate of drug-likeness (QED) is 0.171. The maximum Gasteiger partial charge on any atom is 0.242 e. The minimum atomic E-state index is -4.63. The predicted molar refractivity (Wildman–Crippen MR) is 116 cm³/mol. The minimum absolute atomic E-state index is 0.141. The van der Waals surface area contributed by atoms with Crippen molar-refractivity contribution in [2.75, 3.05) is 13.2 Å². The summed E-state index contributed by atoms with van der Waals surface area (Å²) < 4.78 is 53.2. The third kappa shape index (κ3) is 4.22. The molecule has 4 rings (SSSR count). The second-order valence-electron chi connectivity index (χ2n) is 6.81. The number of nitrogens with zero attached hydrogens (tertiary/aromatic N) is 4. The van der Waals surface area contributed by atoms with E-state index in [4.69, 9.17) is 16.0 Å². The highest BCUT2D eigenvalue weighted by atomic mass is 32.2. The molecule has 0 bridgehead atoms. The number of aromatic amines is 2. The van der Waals surface area contributed by atoms with Gasteiger partial charge in [-0.1, -0.05) is 18.2 Å². The number of nitrogens with one attached hydrogen (secondary N) is 3. The van der Waals surface area contributed by atoms with Crippen LogP contribution in [0.5, 0.6) is 0 Å². The zero-order chi connectivity index (χ0) is 23.8. The third-order valence-corrected chi connectivity index (χ3v) is 7.34. The number of hydrogen-bond acceptors (Lipinski definition) is 10. The molecular weight excluding hydrogens is 474 g/mol. The number of nitrogens with two attached hydrogens (primary N) is 2. The van der Waals surface area contributed by atoms with Crippen LogP contribution < -0.4 is 15.6 Å². The average Bonchev–Trinajstić information content (AvgIpc) is 3.45. The standard InChI is InChI=1S/C17H19N9O5S2/c18-8-13-21-11-3-1-2-10(15(11)22-13)9-4-5-12(33(30,31)20-6-7-27)16(32(19,28)29)14(9)17-23-25-26-24-17/h1-5,20,27H,6-8,18H2,(H,21,22)(H2,19,28,29)(H,23,24,25,26). The van der Waals surface area contributed by atoms with Gasteiger partial charge in [-0.05, 0) is 22.9 Å². The zero-order valence-electron chi connectivity index (χ0n) is 16.8. The van der Waals surface area contributed by atoms with Crippen LogP contribution in [0.3, 0.4) is 0 Å². The van der Waals surface area contributed by atoms with Crippen molar-refractivity contribution in [3.8, 4) is 22.5 Å². The highest BCUT2D eigenvalue weighted by Crippen LogP contribution is 2.40. The van der Waals surface area contributed by atoms with Gasteiger partial charge < -0.3 is 15.8 Å². The van der Waals surface area contributed by atoms with Crippen LogP contribution in [0.25, 0.3) is 33.5 Å². The molecule has 2 heterocycles. The number of aliphatic hydroxyl groups excluding tert-OH is 1. The van der Waals surface area contributed by atoms with E-state index in [1.807, 2.05) is 0 Å². The van der Waals surface area contributed by atoms with Gasteiger partial charge in [0.05, 0.1) is 29.7 Å². The first-order valence-corrected chi connectivity index (χ1v) is 12.4. The van der Waals surface area contributed by atoms with Crippen molar-refractivity contribution < 1.29 is 21.9 Å². The summed E-state index contributed by atoms with van der Waals surface area (Å²) >= 11 is 0. The first kappa shape index (κ1) is 22.9. The molecule has 16 heteroatoms. The fourth-order valence-corrected chi connectivity index (χ4v) is 6.05. The number of para-hydroxylation sites is 1. The van der Waals surface area contributed by atoms with Crippen molar-refractivity contribution >= 4 is 31.1 Å². The largest absolute Gasteiger partial charge is 0.395 e. The molecule has 0 aliphatic carbocycles. The lowest BCUT2D eigenvalue weighted by molar-refractivity contribution is 0.301. The smallest absolute Gasteiger partial charge is 0.242 e. The number of aromatic nitrogens is 6. The van der Waals surface area contributed by atoms with E-state index in [9.17, 15) is 16.8 Å². The Bertz CT molecular complexity index is 1530. The Morgan fingerprint density at radius 2 is 1.88 bits per heavy atom. The SMILES string of the molecule is NCc1nc2c(-c3ccc(S(=O)(=O)NCCO)c(S(N)(=O)=O)c3-c3nn[nH]n3)cccc2[nH]1. The van der Waals surface area contributed by atoms with E-state index in [1.54, 1.807) is 18.2 Å². The number of H-pyrrole nitrogens is 2. The van der Waals surface area contributed by atoms with Gasteiger partial charge in [0.25, 0.3) is 0 Å². The van der Waals surface area contributed by atoms with Gasteiger partial charge in [-0.3, -0.25) is 0 Å². The highest BCUT2D eigenvalue weighted by molar-refractivity contribution is 7.92. The van der Waals surface area contributed by atoms with Crippen molar-refractivity contribution in [2.45, 2.75) is 16.3 Å². The van der Waals surface area contributed by atoms with Crippen molar-refractivity contribution in [3.05, 3.63) is 36.2 Å². The van der Waals surface area contributed by atoms with Crippen LogP contribution in [0.1, 0.15) is 5.82 Å². The molecule has 0 radical (unpaired) electrons. The van der Waals surface area contributed by atoms with E-state index in [1.165, 1.54) is 6.07 Å². The van der Waals surface area contributed by atoms with Gasteiger partial charge in [0.2, 0.25) is 25.9 Å². The summed E-state index contributed by atoms with van der Waals surface area (Å²) in [6.45, 7) is -0.688. The van der Waals surface area contributed by atoms with E-state index in [0.29, 0.717) is 22.4 Å². The van der Waals surface area contributed by atoms with E-state index >= 15 is 0 Å². The molecule has 2 aromatic heterocycles. The van der Waals surface area contributed by atoms with Gasteiger partial charge in [-0.15, -0.1) is 10.2 Å². The fraction of sp³-hybridized carbons (Fsp3) is 0.176. The molecule has 0 unspecified atom stereocenters. The van der Waals surface area contributed by atoms with Crippen LogP contribution in [0.4, 0.5) is 0 Å². The Morgan fingerprint density at radius 3 is 2.52 bits per heavy atom. The summed E-state index contributed by atoms with van der Waals surface area (Å²) in [5.74, 6) is 0.303. The Hall–Kier alpha value is -3.28. The lowest BCUT2D eigenvalue weighted by atomic mass is 9.98. The van der Waals surface area contributed by atoms with Crippen LogP contribution in [0, 0.1) is 0 Å². The van der Waals surface area contributed by atoms with E-state index in [2.05, 4.69) is 35.3 Å². The Labute approximate surface area is 187 Å². The molecule has 2 aromatic carbocycles. The number of sulfonamides is 2. The van der Waals surface area contributed by atoms with Crippen LogP contribution >= 0.6 is 0 Å². The molecule has 4 aromatic rings. The van der Waals surface area contributed by atoms with Crippen LogP contribution in [-0.2, 0) is 26.6 Å². The topological polar surface area (TPSA) is 236 Å². The summed E-state index contributed by atoms with van der Waals surface area (Å²) in [6, 6.07) is 7.65. The maximum atomic E-state index is 12.8. The summed E-state index contributed by atoms with van der Waals surface area (Å²) in [7, 11) is -9.02. The second-order valence-corrected chi connectivity index (χ2v) is 10.0. The third-order valence-electron chi connectivity index (χ3n) is 4.71. The zero-order valence-corrected chi connectivity index (χ0v) is 18.5. The molecule has 0 atom stereocenters. The van der Waals surface area contributed by atoms with Gasteiger partial charge in [-0.25, -0.2) is 31.7 Å². The summed E-state index contributed by atoms with van der Waals surface area (Å²) in [6.07, 6.45) is 0. The van der Waals surface area contributed by atoms with Crippen molar-refractivity contribution in [2.24, 2.45) is 10.9 Å². The molecule has 8 N–H and O–H groups in total. The molecular formula is C17H19N9O5S2. The first-order valence-electron chi connectivity index (χ1n) is 9.39. The second kappa shape index (κ2) is 8.58. The summed E-state index contributed by atoms with van der Waals surface area (Å²) in [5.41, 5.74) is 7.32. The van der Waals surface area contributed by atoms with Crippen molar-refractivity contribution in [1.29, 1.82) is 0 Å². The van der Waals surface area contributed by atoms with E-state index < -0.39 is 36.4 Å². The van der Waals surface area contributed by atoms with E-state index in [0.717, 1.165) is 6.07 Å². The number of hydrogen-bond donors (Lipinski definition) is 6. The monoisotopic (exact) mass is 493 g/mol. The number of imidazole rings is 1. The van der Waals surface area contributed by atoms with Gasteiger partial charge in [0.1, 0.15) is 15.6 Å². The number of aliphatic hydroxyl groups is 1. The molecule has 0 saturated heterocycles. The lowest BCUT2D eigenvalue weighted by Gasteiger charge is -2.16. The molecule has 0 amide bonds. The average molecular weight is 494 g/mol. The van der Waals surface area contributed by atoms with Gasteiger partial charge >= 0.3 is 0 Å². The van der Waals surface area contributed by atoms with Crippen molar-refractivity contribution in [1.82, 2.24) is 35.3 Å². The van der Waals surface area contributed by atoms with Crippen LogP contribution in [0.2, 0.25) is 0 Å². The number of benzene rings is 2. The van der Waals surface area contributed by atoms with E-state index in [-0.39, 0.29) is 30.0 Å². The molecule has 14 nitrogen and oxygen atoms in total. The molecule has 33 heavy (non-hydrogen) atoms. The fourth-order valence-electron chi connectivity index (χ4n) is 3.43. The highest BCUT2D eigenvalue weighted by Gasteiger charge is 2.32. The lowest BCUT2D eigenvalue weighted by Crippen LogP contribution is -2.29. The molecule has 0 aliphatic heterocycles. The number of tetrazole rings is 1. The van der Waals surface area contributed by atoms with Gasteiger partial charge in [0.15, 0.2) is 0 Å². The number of fused-ring (bicyclic) bond motifs is 1. The van der Waals surface area contributed by atoms with Crippen LogP contribution in [-0.4, -0.2) is 65.7 Å². The number of primary sulfonamides is 1. The Balaban J connectivity index is 2.12. The molecule has 0 saturated carbocycles. The first-order chi connectivity index (χ1) is 15.7. The van der Waals surface area contributed by atoms with Crippen molar-refractivity contribution in [3.63, 3.8) is 0 Å². The Kier molecular flexibility index (Phi) is 5.95. The summed E-state index contributed by atoms with van der Waals surface area (Å²) in [5, 5.41) is 27.9.